The number of benzene rings is 2. The minimum absolute atomic E-state index is 0.0753. The van der Waals surface area contributed by atoms with Crippen molar-refractivity contribution in [3.05, 3.63) is 95.1 Å². The predicted octanol–water partition coefficient (Wildman–Crippen LogP) is 3.87. The number of ether oxygens (including phenoxy) is 5. The van der Waals surface area contributed by atoms with Crippen LogP contribution >= 0.6 is 0 Å². The zero-order chi connectivity index (χ0) is 29.7. The van der Waals surface area contributed by atoms with Crippen LogP contribution in [0.4, 0.5) is 0 Å². The molecule has 1 heterocycles. The zero-order valence-electron chi connectivity index (χ0n) is 23.4. The van der Waals surface area contributed by atoms with Crippen LogP contribution in [0.2, 0.25) is 0 Å². The molecule has 2 bridgehead atoms. The van der Waals surface area contributed by atoms with E-state index >= 15 is 0 Å². The van der Waals surface area contributed by atoms with Crippen LogP contribution in [0.3, 0.4) is 0 Å². The van der Waals surface area contributed by atoms with E-state index in [1.807, 2.05) is 48.5 Å². The van der Waals surface area contributed by atoms with E-state index in [9.17, 15) is 19.2 Å². The Bertz CT molecular complexity index is 1320. The number of carbonyl (C=O) groups is 4. The maximum absolute atomic E-state index is 13.5. The molecule has 4 atom stereocenters. The molecule has 214 valence electrons. The molecule has 0 amide bonds. The molecule has 6 rings (SSSR count). The molecule has 1 fully saturated rings. The number of rotatable bonds is 10. The van der Waals surface area contributed by atoms with E-state index < -0.39 is 59.1 Å². The lowest BCUT2D eigenvalue weighted by atomic mass is 9.50. The van der Waals surface area contributed by atoms with Crippen molar-refractivity contribution in [2.24, 2.45) is 11.8 Å². The molecule has 0 radical (unpaired) electrons. The molecular weight excluding hydrogens is 528 g/mol. The summed E-state index contributed by atoms with van der Waals surface area (Å²) in [7, 11) is 0. The first kappa shape index (κ1) is 28.4. The maximum atomic E-state index is 13.5. The SMILES string of the molecule is C=C(C)C(=O)OC(C)COC12c3ccccc3C(OCC(C)OC(=O)C(=C)C)(c3ccccc31)C1C(=O)OC(=O)C12. The van der Waals surface area contributed by atoms with Gasteiger partial charge in [-0.25, -0.2) is 9.59 Å². The third-order valence-corrected chi connectivity index (χ3v) is 7.78. The highest BCUT2D eigenvalue weighted by Crippen LogP contribution is 2.67. The lowest BCUT2D eigenvalue weighted by Gasteiger charge is -2.58. The summed E-state index contributed by atoms with van der Waals surface area (Å²) in [4.78, 5) is 51.3. The van der Waals surface area contributed by atoms with Crippen LogP contribution in [0.25, 0.3) is 0 Å². The van der Waals surface area contributed by atoms with Gasteiger partial charge in [-0.15, -0.1) is 0 Å². The molecule has 0 saturated carbocycles. The van der Waals surface area contributed by atoms with Crippen molar-refractivity contribution in [2.75, 3.05) is 13.2 Å². The fourth-order valence-corrected chi connectivity index (χ4v) is 6.14. The largest absolute Gasteiger partial charge is 0.457 e. The van der Waals surface area contributed by atoms with E-state index in [0.717, 1.165) is 0 Å². The maximum Gasteiger partial charge on any atom is 0.333 e. The van der Waals surface area contributed by atoms with E-state index in [-0.39, 0.29) is 24.4 Å². The Kier molecular flexibility index (Phi) is 7.21. The third kappa shape index (κ3) is 4.31. The van der Waals surface area contributed by atoms with E-state index in [2.05, 4.69) is 13.2 Å². The second-order valence-electron chi connectivity index (χ2n) is 10.9. The van der Waals surface area contributed by atoms with Crippen molar-refractivity contribution in [3.8, 4) is 0 Å². The van der Waals surface area contributed by atoms with Crippen LogP contribution in [0.1, 0.15) is 49.9 Å². The highest BCUT2D eigenvalue weighted by molar-refractivity contribution is 6.01. The van der Waals surface area contributed by atoms with Crippen LogP contribution in [0.15, 0.2) is 72.8 Å². The average molecular weight is 561 g/mol. The predicted molar refractivity (Wildman–Crippen MR) is 145 cm³/mol. The first-order valence-corrected chi connectivity index (χ1v) is 13.4. The fourth-order valence-electron chi connectivity index (χ4n) is 6.14. The molecule has 2 aromatic rings. The molecule has 1 saturated heterocycles. The highest BCUT2D eigenvalue weighted by Gasteiger charge is 2.75. The van der Waals surface area contributed by atoms with E-state index in [4.69, 9.17) is 23.7 Å². The Hall–Kier alpha value is -4.08. The second-order valence-corrected chi connectivity index (χ2v) is 10.9. The first-order valence-electron chi connectivity index (χ1n) is 13.4. The molecule has 9 heteroatoms. The molecule has 0 spiro atoms. The Morgan fingerprint density at radius 1 is 0.732 bits per heavy atom. The van der Waals surface area contributed by atoms with E-state index in [1.165, 1.54) is 0 Å². The lowest BCUT2D eigenvalue weighted by molar-refractivity contribution is -0.191. The molecule has 2 aromatic carbocycles. The Morgan fingerprint density at radius 2 is 1.05 bits per heavy atom. The van der Waals surface area contributed by atoms with Gasteiger partial charge in [0.1, 0.15) is 35.2 Å². The van der Waals surface area contributed by atoms with Crippen LogP contribution in [0, 0.1) is 11.8 Å². The summed E-state index contributed by atoms with van der Waals surface area (Å²) in [6.07, 6.45) is -1.37. The van der Waals surface area contributed by atoms with Gasteiger partial charge >= 0.3 is 23.9 Å². The van der Waals surface area contributed by atoms with Gasteiger partial charge in [-0.3, -0.25) is 9.59 Å². The number of hydrogen-bond acceptors (Lipinski definition) is 9. The fraction of sp³-hybridized carbons (Fsp3) is 0.375. The van der Waals surface area contributed by atoms with Gasteiger partial charge in [0.05, 0.1) is 13.2 Å². The van der Waals surface area contributed by atoms with Crippen molar-refractivity contribution >= 4 is 23.9 Å². The number of hydrogen-bond donors (Lipinski definition) is 0. The molecule has 4 unspecified atom stereocenters. The summed E-state index contributed by atoms with van der Waals surface area (Å²) in [6.45, 7) is 13.5. The van der Waals surface area contributed by atoms with Crippen molar-refractivity contribution < 1.29 is 42.9 Å². The van der Waals surface area contributed by atoms with E-state index in [1.54, 1.807) is 27.7 Å². The molecule has 3 aliphatic carbocycles. The highest BCUT2D eigenvalue weighted by atomic mass is 16.6. The van der Waals surface area contributed by atoms with Gasteiger partial charge in [0.25, 0.3) is 0 Å². The lowest BCUT2D eigenvalue weighted by Crippen LogP contribution is -2.63. The van der Waals surface area contributed by atoms with Gasteiger partial charge in [-0.2, -0.15) is 0 Å². The molecule has 41 heavy (non-hydrogen) atoms. The van der Waals surface area contributed by atoms with Crippen LogP contribution < -0.4 is 0 Å². The van der Waals surface area contributed by atoms with Gasteiger partial charge in [0.2, 0.25) is 0 Å². The molecule has 0 N–H and O–H groups in total. The third-order valence-electron chi connectivity index (χ3n) is 7.78. The summed E-state index contributed by atoms with van der Waals surface area (Å²) in [5, 5.41) is 0. The van der Waals surface area contributed by atoms with Gasteiger partial charge in [-0.1, -0.05) is 61.7 Å². The van der Waals surface area contributed by atoms with Crippen molar-refractivity contribution in [3.63, 3.8) is 0 Å². The Morgan fingerprint density at radius 3 is 1.34 bits per heavy atom. The number of esters is 4. The summed E-state index contributed by atoms with van der Waals surface area (Å²) in [5.74, 6) is -4.76. The van der Waals surface area contributed by atoms with Gasteiger partial charge in [0.15, 0.2) is 0 Å². The number of cyclic esters (lactones) is 2. The summed E-state index contributed by atoms with van der Waals surface area (Å²) >= 11 is 0. The van der Waals surface area contributed by atoms with Crippen molar-refractivity contribution in [2.45, 2.75) is 51.1 Å². The van der Waals surface area contributed by atoms with Crippen LogP contribution in [-0.2, 0) is 54.1 Å². The van der Waals surface area contributed by atoms with Gasteiger partial charge in [0, 0.05) is 11.1 Å². The van der Waals surface area contributed by atoms with E-state index in [0.29, 0.717) is 22.3 Å². The Labute approximate surface area is 238 Å². The van der Waals surface area contributed by atoms with Crippen LogP contribution in [-0.4, -0.2) is 49.3 Å². The zero-order valence-corrected chi connectivity index (χ0v) is 23.4. The van der Waals surface area contributed by atoms with Gasteiger partial charge in [-0.05, 0) is 49.9 Å². The normalized spacial score (nSPS) is 26.6. The second kappa shape index (κ2) is 10.4. The minimum atomic E-state index is -1.42. The molecule has 9 nitrogen and oxygen atoms in total. The Balaban J connectivity index is 1.64. The summed E-state index contributed by atoms with van der Waals surface area (Å²) in [6, 6.07) is 14.6. The smallest absolute Gasteiger partial charge is 0.333 e. The first-order chi connectivity index (χ1) is 19.4. The topological polar surface area (TPSA) is 114 Å². The van der Waals surface area contributed by atoms with Crippen molar-refractivity contribution in [1.29, 1.82) is 0 Å². The monoisotopic (exact) mass is 560 g/mol. The molecule has 0 aromatic heterocycles. The molecule has 4 aliphatic rings. The van der Waals surface area contributed by atoms with Crippen LogP contribution in [0.5, 0.6) is 0 Å². The molecule has 1 aliphatic heterocycles. The standard InChI is InChI=1S/C32H32O9/c1-17(2)27(33)39-19(5)15-37-31-21-11-7-9-13-23(21)32(24-14-10-8-12-22(24)31,26-25(31)29(35)41-30(26)36)38-16-20(6)40-28(34)18(3)4/h7-14,19-20,25-26H,1,3,15-16H2,2,4-6H3. The molecular formula is C32H32O9. The minimum Gasteiger partial charge on any atom is -0.457 e. The van der Waals surface area contributed by atoms with Crippen molar-refractivity contribution in [1.82, 2.24) is 0 Å². The van der Waals surface area contributed by atoms with Gasteiger partial charge < -0.3 is 23.7 Å². The average Bonchev–Trinajstić information content (AvgIpc) is 3.26. The summed E-state index contributed by atoms with van der Waals surface area (Å²) in [5.41, 5.74) is 0.191. The quantitative estimate of drug-likeness (QED) is 0.185. The number of carbonyl (C=O) groups excluding carboxylic acids is 4. The summed E-state index contributed by atoms with van der Waals surface area (Å²) < 4.78 is 29.5.